The minimum absolute atomic E-state index is 0.0239. The van der Waals surface area contributed by atoms with E-state index in [4.69, 9.17) is 28.4 Å². The second-order valence-electron chi connectivity index (χ2n) is 12.6. The molecule has 0 aromatic heterocycles. The Morgan fingerprint density at radius 3 is 1.70 bits per heavy atom. The summed E-state index contributed by atoms with van der Waals surface area (Å²) < 4.78 is 67.9. The molecule has 1 heterocycles. The van der Waals surface area contributed by atoms with E-state index in [0.29, 0.717) is 5.56 Å². The van der Waals surface area contributed by atoms with Crippen LogP contribution >= 0.6 is 0 Å². The number of hydrogen-bond donors (Lipinski definition) is 2. The molecule has 282 valence electrons. The second kappa shape index (κ2) is 19.9. The van der Waals surface area contributed by atoms with Crippen LogP contribution in [0.3, 0.4) is 0 Å². The Bertz CT molecular complexity index is 1670. The molecule has 0 spiro atoms. The molecule has 1 fully saturated rings. The van der Waals surface area contributed by atoms with Gasteiger partial charge in [-0.1, -0.05) is 121 Å². The third-order valence-electron chi connectivity index (χ3n) is 8.59. The lowest BCUT2D eigenvalue weighted by Gasteiger charge is -2.46. The number of amides is 1. The number of rotatable bonds is 18. The van der Waals surface area contributed by atoms with Crippen molar-refractivity contribution in [1.82, 2.24) is 5.32 Å². The molecule has 4 aromatic carbocycles. The number of aliphatic hydroxyl groups is 1. The van der Waals surface area contributed by atoms with E-state index in [-0.39, 0.29) is 39.6 Å². The van der Waals surface area contributed by atoms with Gasteiger partial charge < -0.3 is 38.8 Å². The number of carbonyl (C=O) groups is 2. The van der Waals surface area contributed by atoms with Gasteiger partial charge in [0.1, 0.15) is 43.2 Å². The first kappa shape index (κ1) is 39.5. The van der Waals surface area contributed by atoms with Crippen LogP contribution in [0.2, 0.25) is 0 Å². The summed E-state index contributed by atoms with van der Waals surface area (Å²) >= 11 is 0. The molecule has 0 aliphatic carbocycles. The first-order valence-electron chi connectivity index (χ1n) is 17.5. The molecule has 12 heteroatoms. The Balaban J connectivity index is 1.39. The van der Waals surface area contributed by atoms with E-state index >= 15 is 8.78 Å². The number of alkyl halides is 2. The first-order valence-corrected chi connectivity index (χ1v) is 17.5. The molecule has 1 amide bonds. The first-order chi connectivity index (χ1) is 25.7. The van der Waals surface area contributed by atoms with Crippen LogP contribution in [0.5, 0.6) is 0 Å². The number of esters is 1. The van der Waals surface area contributed by atoms with Crippen molar-refractivity contribution in [2.45, 2.75) is 82.3 Å². The van der Waals surface area contributed by atoms with Crippen LogP contribution in [0, 0.1) is 0 Å². The van der Waals surface area contributed by atoms with Gasteiger partial charge in [-0.15, -0.1) is 0 Å². The lowest BCUT2D eigenvalue weighted by molar-refractivity contribution is -0.301. The highest BCUT2D eigenvalue weighted by atomic mass is 19.3. The van der Waals surface area contributed by atoms with Gasteiger partial charge in [0, 0.05) is 6.42 Å². The van der Waals surface area contributed by atoms with Gasteiger partial charge >= 0.3 is 12.1 Å². The number of aliphatic hydroxyl groups excluding tert-OH is 1. The van der Waals surface area contributed by atoms with Crippen molar-refractivity contribution in [3.05, 3.63) is 144 Å². The summed E-state index contributed by atoms with van der Waals surface area (Å²) in [6, 6.07) is 34.5. The van der Waals surface area contributed by atoms with Crippen LogP contribution in [-0.4, -0.2) is 72.9 Å². The molecule has 1 aliphatic rings. The number of halogens is 2. The number of ether oxygens (including phenoxy) is 6. The maximum atomic E-state index is 16.6. The lowest BCUT2D eigenvalue weighted by atomic mass is 9.89. The summed E-state index contributed by atoms with van der Waals surface area (Å²) in [4.78, 5) is 25.7. The fraction of sp³-hybridized carbons (Fsp3) is 0.366. The van der Waals surface area contributed by atoms with E-state index in [0.717, 1.165) is 16.7 Å². The molecular formula is C41H45F2NO9. The summed E-state index contributed by atoms with van der Waals surface area (Å²) in [5, 5.41) is 13.9. The summed E-state index contributed by atoms with van der Waals surface area (Å²) in [7, 11) is 0. The molecule has 10 nitrogen and oxygen atoms in total. The van der Waals surface area contributed by atoms with E-state index in [2.05, 4.69) is 5.32 Å². The van der Waals surface area contributed by atoms with Crippen LogP contribution in [-0.2, 0) is 59.6 Å². The summed E-state index contributed by atoms with van der Waals surface area (Å²) in [5.74, 6) is -5.02. The van der Waals surface area contributed by atoms with Gasteiger partial charge in [0.2, 0.25) is 0 Å². The Hall–Kier alpha value is -4.72. The van der Waals surface area contributed by atoms with E-state index in [1.165, 1.54) is 6.92 Å². The van der Waals surface area contributed by atoms with Gasteiger partial charge in [-0.05, 0) is 29.2 Å². The quantitative estimate of drug-likeness (QED) is 0.112. The zero-order valence-corrected chi connectivity index (χ0v) is 29.4. The van der Waals surface area contributed by atoms with E-state index in [1.54, 1.807) is 30.3 Å². The fourth-order valence-electron chi connectivity index (χ4n) is 5.94. The number of alkyl carbamates (subject to hydrolysis) is 1. The van der Waals surface area contributed by atoms with Gasteiger partial charge in [0.15, 0.2) is 0 Å². The van der Waals surface area contributed by atoms with Gasteiger partial charge in [0.25, 0.3) is 5.92 Å². The van der Waals surface area contributed by atoms with Gasteiger partial charge in [0.05, 0.1) is 33.0 Å². The maximum Gasteiger partial charge on any atom is 0.408 e. The smallest absolute Gasteiger partial charge is 0.408 e. The highest BCUT2D eigenvalue weighted by molar-refractivity contribution is 5.81. The van der Waals surface area contributed by atoms with Crippen LogP contribution in [0.4, 0.5) is 13.6 Å². The molecule has 53 heavy (non-hydrogen) atoms. The Kier molecular flexibility index (Phi) is 14.8. The molecule has 1 aliphatic heterocycles. The number of benzene rings is 4. The van der Waals surface area contributed by atoms with Gasteiger partial charge in [-0.25, -0.2) is 18.4 Å². The zero-order valence-electron chi connectivity index (χ0n) is 29.4. The van der Waals surface area contributed by atoms with Crippen molar-refractivity contribution >= 4 is 12.1 Å². The summed E-state index contributed by atoms with van der Waals surface area (Å²) in [5.41, 5.74) is 3.06. The van der Waals surface area contributed by atoms with Crippen molar-refractivity contribution in [1.29, 1.82) is 0 Å². The third-order valence-corrected chi connectivity index (χ3v) is 8.59. The molecule has 0 saturated carbocycles. The predicted molar refractivity (Wildman–Crippen MR) is 191 cm³/mol. The average molecular weight is 734 g/mol. The Morgan fingerprint density at radius 1 is 0.717 bits per heavy atom. The van der Waals surface area contributed by atoms with Gasteiger partial charge in [-0.3, -0.25) is 0 Å². The molecular weight excluding hydrogens is 688 g/mol. The van der Waals surface area contributed by atoms with E-state index in [1.807, 2.05) is 91.0 Å². The van der Waals surface area contributed by atoms with Crippen LogP contribution in [0.25, 0.3) is 0 Å². The number of carbonyl (C=O) groups excluding carboxylic acids is 2. The fourth-order valence-corrected chi connectivity index (χ4v) is 5.94. The SMILES string of the molecule is CCOC(=O)[C@@H](CC(F)(F)[C@H]1O[C@H](COCc2ccccc2)[C@H](OCc2ccccc2)[C@H](OCc2ccccc2)[C@H]1O)NC(=O)OCc1ccccc1. The van der Waals surface area contributed by atoms with Gasteiger partial charge in [-0.2, -0.15) is 0 Å². The summed E-state index contributed by atoms with van der Waals surface area (Å²) in [6.45, 7) is 1.25. The molecule has 4 aromatic rings. The average Bonchev–Trinajstić information content (AvgIpc) is 3.17. The molecule has 2 N–H and O–H groups in total. The highest BCUT2D eigenvalue weighted by Crippen LogP contribution is 2.38. The van der Waals surface area contributed by atoms with E-state index < -0.39 is 61.0 Å². The summed E-state index contributed by atoms with van der Waals surface area (Å²) in [6.07, 6.45) is -10.0. The molecule has 0 unspecified atom stereocenters. The zero-order chi connectivity index (χ0) is 37.5. The maximum absolute atomic E-state index is 16.6. The third kappa shape index (κ3) is 11.9. The second-order valence-corrected chi connectivity index (χ2v) is 12.6. The molecule has 6 atom stereocenters. The minimum Gasteiger partial charge on any atom is -0.464 e. The van der Waals surface area contributed by atoms with Crippen molar-refractivity contribution in [2.75, 3.05) is 13.2 Å². The molecule has 0 bridgehead atoms. The standard InChI is InChI=1S/C41H45F2NO9/c1-2-49-39(46)33(44-40(47)52-27-32-21-13-6-14-22-32)23-41(42,43)38-35(45)37(51-26-31-19-11-5-12-20-31)36(50-25-30-17-9-4-10-18-30)34(53-38)28-48-24-29-15-7-3-8-16-29/h3-22,33-38,45H,2,23-28H2,1H3,(H,44,47)/t33-,34-,35-,36+,37-,38+/m1/s1. The normalized spacial score (nSPS) is 20.6. The highest BCUT2D eigenvalue weighted by Gasteiger charge is 2.57. The molecule has 1 saturated heterocycles. The number of hydrogen-bond acceptors (Lipinski definition) is 9. The Labute approximate surface area is 307 Å². The molecule has 0 radical (unpaired) electrons. The van der Waals surface area contributed by atoms with Crippen LogP contribution in [0.1, 0.15) is 35.6 Å². The minimum atomic E-state index is -3.92. The number of nitrogens with one attached hydrogen (secondary N) is 1. The van der Waals surface area contributed by atoms with Crippen molar-refractivity contribution < 1.29 is 51.9 Å². The monoisotopic (exact) mass is 733 g/mol. The Morgan fingerprint density at radius 2 is 1.19 bits per heavy atom. The predicted octanol–water partition coefficient (Wildman–Crippen LogP) is 6.39. The largest absolute Gasteiger partial charge is 0.464 e. The topological polar surface area (TPSA) is 122 Å². The van der Waals surface area contributed by atoms with E-state index in [9.17, 15) is 14.7 Å². The van der Waals surface area contributed by atoms with Crippen LogP contribution in [0.15, 0.2) is 121 Å². The van der Waals surface area contributed by atoms with Crippen molar-refractivity contribution in [3.63, 3.8) is 0 Å². The van der Waals surface area contributed by atoms with Crippen molar-refractivity contribution in [3.8, 4) is 0 Å². The van der Waals surface area contributed by atoms with Crippen molar-refractivity contribution in [2.24, 2.45) is 0 Å². The lowest BCUT2D eigenvalue weighted by Crippen LogP contribution is -2.65. The van der Waals surface area contributed by atoms with Crippen LogP contribution < -0.4 is 5.32 Å². The molecule has 5 rings (SSSR count).